The monoisotopic (exact) mass is 221 g/mol. The normalized spacial score (nSPS) is 10.4. The van der Waals surface area contributed by atoms with Crippen LogP contribution in [0.25, 0.3) is 0 Å². The number of rotatable bonds is 2. The number of hydrogen-bond acceptors (Lipinski definition) is 4. The third-order valence-electron chi connectivity index (χ3n) is 2.16. The van der Waals surface area contributed by atoms with E-state index in [9.17, 15) is 9.59 Å². The van der Waals surface area contributed by atoms with Crippen molar-refractivity contribution in [3.63, 3.8) is 0 Å². The van der Waals surface area contributed by atoms with Gasteiger partial charge in [-0.15, -0.1) is 5.10 Å². The highest BCUT2D eigenvalue weighted by Gasteiger charge is 2.07. The Balaban J connectivity index is 2.51. The summed E-state index contributed by atoms with van der Waals surface area (Å²) in [6, 6.07) is 3.61. The average molecular weight is 221 g/mol. The van der Waals surface area contributed by atoms with E-state index in [1.54, 1.807) is 29.2 Å². The SMILES string of the molecule is Cn1nc(Nn2cccc2)c(=O)n(C)c1=O. The minimum absolute atomic E-state index is 0.0980. The molecule has 0 aromatic carbocycles. The third-order valence-corrected chi connectivity index (χ3v) is 2.16. The maximum atomic E-state index is 11.7. The van der Waals surface area contributed by atoms with Crippen LogP contribution in [0, 0.1) is 0 Å². The summed E-state index contributed by atoms with van der Waals surface area (Å²) in [4.78, 5) is 23.1. The predicted octanol–water partition coefficient (Wildman–Crippen LogP) is -0.844. The van der Waals surface area contributed by atoms with Crippen molar-refractivity contribution in [2.45, 2.75) is 0 Å². The second-order valence-electron chi connectivity index (χ2n) is 3.32. The Kier molecular flexibility index (Phi) is 2.35. The van der Waals surface area contributed by atoms with Crippen molar-refractivity contribution in [1.82, 2.24) is 19.0 Å². The molecule has 1 N–H and O–H groups in total. The third kappa shape index (κ3) is 1.62. The Hall–Kier alpha value is -2.31. The van der Waals surface area contributed by atoms with E-state index in [0.29, 0.717) is 0 Å². The summed E-state index contributed by atoms with van der Waals surface area (Å²) in [6.07, 6.45) is 3.46. The van der Waals surface area contributed by atoms with E-state index >= 15 is 0 Å². The standard InChI is InChI=1S/C9H11N5O2/c1-12-8(15)7(10-13(2)9(12)16)11-14-5-3-4-6-14/h3-6H,1-2H3,(H,10,11). The fourth-order valence-electron chi connectivity index (χ4n) is 1.30. The highest BCUT2D eigenvalue weighted by molar-refractivity contribution is 5.29. The molecule has 0 bridgehead atoms. The van der Waals surface area contributed by atoms with Crippen molar-refractivity contribution >= 4 is 5.82 Å². The Labute approximate surface area is 90.5 Å². The van der Waals surface area contributed by atoms with E-state index in [4.69, 9.17) is 0 Å². The molecule has 7 heteroatoms. The summed E-state index contributed by atoms with van der Waals surface area (Å²) >= 11 is 0. The van der Waals surface area contributed by atoms with Crippen molar-refractivity contribution in [2.24, 2.45) is 14.1 Å². The second kappa shape index (κ2) is 3.69. The van der Waals surface area contributed by atoms with Crippen molar-refractivity contribution in [3.05, 3.63) is 45.4 Å². The van der Waals surface area contributed by atoms with Crippen molar-refractivity contribution < 1.29 is 0 Å². The van der Waals surface area contributed by atoms with Gasteiger partial charge >= 0.3 is 11.2 Å². The first-order valence-corrected chi connectivity index (χ1v) is 4.64. The summed E-state index contributed by atoms with van der Waals surface area (Å²) < 4.78 is 3.68. The molecule has 2 heterocycles. The molecule has 0 saturated carbocycles. The van der Waals surface area contributed by atoms with Gasteiger partial charge in [-0.1, -0.05) is 0 Å². The molecule has 0 aliphatic rings. The molecule has 7 nitrogen and oxygen atoms in total. The number of hydrogen-bond donors (Lipinski definition) is 1. The zero-order valence-electron chi connectivity index (χ0n) is 8.91. The lowest BCUT2D eigenvalue weighted by atomic mass is 10.7. The van der Waals surface area contributed by atoms with Gasteiger partial charge in [0, 0.05) is 26.5 Å². The van der Waals surface area contributed by atoms with Crippen LogP contribution in [0.1, 0.15) is 0 Å². The van der Waals surface area contributed by atoms with Crippen LogP contribution >= 0.6 is 0 Å². The second-order valence-corrected chi connectivity index (χ2v) is 3.32. The Morgan fingerprint density at radius 1 is 1.19 bits per heavy atom. The molecule has 0 fully saturated rings. The van der Waals surface area contributed by atoms with Crippen LogP contribution in [0.5, 0.6) is 0 Å². The average Bonchev–Trinajstić information content (AvgIpc) is 2.76. The number of anilines is 1. The van der Waals surface area contributed by atoms with Gasteiger partial charge in [0.05, 0.1) is 0 Å². The molecular weight excluding hydrogens is 210 g/mol. The molecule has 16 heavy (non-hydrogen) atoms. The van der Waals surface area contributed by atoms with Gasteiger partial charge in [-0.2, -0.15) is 0 Å². The number of nitrogens with zero attached hydrogens (tertiary/aromatic N) is 4. The Bertz CT molecular complexity index is 608. The summed E-state index contributed by atoms with van der Waals surface area (Å²) in [6.45, 7) is 0. The molecule has 0 radical (unpaired) electrons. The van der Waals surface area contributed by atoms with Gasteiger partial charge in [0.1, 0.15) is 0 Å². The molecule has 0 aliphatic heterocycles. The summed E-state index contributed by atoms with van der Waals surface area (Å²) in [5.41, 5.74) is 1.86. The molecule has 84 valence electrons. The first-order chi connectivity index (χ1) is 7.59. The maximum Gasteiger partial charge on any atom is 0.346 e. The molecule has 0 atom stereocenters. The minimum atomic E-state index is -0.461. The van der Waals surface area contributed by atoms with Crippen molar-refractivity contribution in [1.29, 1.82) is 0 Å². The van der Waals surface area contributed by atoms with Crippen molar-refractivity contribution in [2.75, 3.05) is 5.43 Å². The van der Waals surface area contributed by atoms with E-state index in [1.807, 2.05) is 0 Å². The quantitative estimate of drug-likeness (QED) is 0.717. The molecule has 2 aromatic heterocycles. The Morgan fingerprint density at radius 2 is 1.81 bits per heavy atom. The molecular formula is C9H11N5O2. The van der Waals surface area contributed by atoms with Gasteiger partial charge in [-0.25, -0.2) is 9.48 Å². The molecule has 0 spiro atoms. The fourth-order valence-corrected chi connectivity index (χ4v) is 1.30. The van der Waals surface area contributed by atoms with Crippen molar-refractivity contribution in [3.8, 4) is 0 Å². The molecule has 2 aromatic rings. The highest BCUT2D eigenvalue weighted by atomic mass is 16.2. The summed E-state index contributed by atoms with van der Waals surface area (Å²) in [5.74, 6) is 0.0980. The lowest BCUT2D eigenvalue weighted by Crippen LogP contribution is -2.40. The molecule has 0 aliphatic carbocycles. The van der Waals surface area contributed by atoms with Crippen LogP contribution in [-0.4, -0.2) is 19.0 Å². The molecule has 2 rings (SSSR count). The smallest absolute Gasteiger partial charge is 0.272 e. The topological polar surface area (TPSA) is 73.8 Å². The van der Waals surface area contributed by atoms with E-state index in [-0.39, 0.29) is 5.82 Å². The minimum Gasteiger partial charge on any atom is -0.272 e. The lowest BCUT2D eigenvalue weighted by Gasteiger charge is -2.08. The Morgan fingerprint density at radius 3 is 2.44 bits per heavy atom. The van der Waals surface area contributed by atoms with Gasteiger partial charge in [-0.05, 0) is 12.1 Å². The highest BCUT2D eigenvalue weighted by Crippen LogP contribution is 1.93. The van der Waals surface area contributed by atoms with Gasteiger partial charge in [0.25, 0.3) is 0 Å². The van der Waals surface area contributed by atoms with Crippen LogP contribution in [0.15, 0.2) is 34.1 Å². The van der Waals surface area contributed by atoms with Gasteiger partial charge in [0.15, 0.2) is 0 Å². The van der Waals surface area contributed by atoms with Crippen LogP contribution in [0.3, 0.4) is 0 Å². The first-order valence-electron chi connectivity index (χ1n) is 4.64. The number of nitrogens with one attached hydrogen (secondary N) is 1. The number of aromatic nitrogens is 4. The summed E-state index contributed by atoms with van der Waals surface area (Å²) in [5, 5.41) is 3.85. The number of aryl methyl sites for hydroxylation is 1. The van der Waals surface area contributed by atoms with Crippen LogP contribution in [-0.2, 0) is 14.1 Å². The molecule has 0 saturated heterocycles. The molecule has 0 amide bonds. The fraction of sp³-hybridized carbons (Fsp3) is 0.222. The first kappa shape index (κ1) is 10.2. The largest absolute Gasteiger partial charge is 0.346 e. The zero-order valence-corrected chi connectivity index (χ0v) is 8.91. The van der Waals surface area contributed by atoms with E-state index in [1.165, 1.54) is 14.1 Å². The molecule has 0 unspecified atom stereocenters. The van der Waals surface area contributed by atoms with E-state index in [0.717, 1.165) is 9.25 Å². The zero-order chi connectivity index (χ0) is 11.7. The van der Waals surface area contributed by atoms with Crippen LogP contribution in [0.2, 0.25) is 0 Å². The van der Waals surface area contributed by atoms with E-state index < -0.39 is 11.2 Å². The van der Waals surface area contributed by atoms with E-state index in [2.05, 4.69) is 10.5 Å². The lowest BCUT2D eigenvalue weighted by molar-refractivity contribution is 0.601. The van der Waals surface area contributed by atoms with Gasteiger partial charge in [-0.3, -0.25) is 19.5 Å². The van der Waals surface area contributed by atoms with Gasteiger partial charge in [0.2, 0.25) is 5.82 Å². The predicted molar refractivity (Wildman–Crippen MR) is 58.2 cm³/mol. The van der Waals surface area contributed by atoms with Gasteiger partial charge < -0.3 is 0 Å². The summed E-state index contributed by atoms with van der Waals surface area (Å²) in [7, 11) is 2.90. The van der Waals surface area contributed by atoms with Crippen LogP contribution in [0.4, 0.5) is 5.82 Å². The van der Waals surface area contributed by atoms with Crippen LogP contribution < -0.4 is 16.7 Å². The maximum absolute atomic E-state index is 11.7.